The van der Waals surface area contributed by atoms with Crippen molar-refractivity contribution in [2.24, 2.45) is 11.8 Å². The van der Waals surface area contributed by atoms with Crippen LogP contribution in [-0.2, 0) is 4.79 Å². The molecule has 76 valence electrons. The second kappa shape index (κ2) is 4.61. The standard InChI is InChI=1S/C10H19NO2/c1-7(2)10(13)11-9-5-3-4-8(9)6-12/h7-9,12H,3-6H2,1-2H3,(H,11,13). The number of carbonyl (C=O) groups is 1. The Morgan fingerprint density at radius 3 is 2.77 bits per heavy atom. The molecule has 3 heteroatoms. The van der Waals surface area contributed by atoms with Crippen molar-refractivity contribution in [3.8, 4) is 0 Å². The van der Waals surface area contributed by atoms with E-state index in [0.29, 0.717) is 0 Å². The number of carbonyl (C=O) groups excluding carboxylic acids is 1. The van der Waals surface area contributed by atoms with Crippen molar-refractivity contribution in [1.29, 1.82) is 0 Å². The largest absolute Gasteiger partial charge is 0.396 e. The van der Waals surface area contributed by atoms with Gasteiger partial charge in [-0.05, 0) is 12.8 Å². The van der Waals surface area contributed by atoms with E-state index in [9.17, 15) is 4.79 Å². The highest BCUT2D eigenvalue weighted by molar-refractivity contribution is 5.78. The highest BCUT2D eigenvalue weighted by atomic mass is 16.3. The predicted molar refractivity (Wildman–Crippen MR) is 51.2 cm³/mol. The molecule has 0 heterocycles. The van der Waals surface area contributed by atoms with Crippen LogP contribution in [0.25, 0.3) is 0 Å². The fraction of sp³-hybridized carbons (Fsp3) is 0.900. The summed E-state index contributed by atoms with van der Waals surface area (Å²) in [5.41, 5.74) is 0. The molecule has 1 aliphatic carbocycles. The number of aliphatic hydroxyl groups excluding tert-OH is 1. The quantitative estimate of drug-likeness (QED) is 0.687. The van der Waals surface area contributed by atoms with Crippen LogP contribution in [0.4, 0.5) is 0 Å². The topological polar surface area (TPSA) is 49.3 Å². The fourth-order valence-electron chi connectivity index (χ4n) is 1.79. The molecule has 3 nitrogen and oxygen atoms in total. The summed E-state index contributed by atoms with van der Waals surface area (Å²) in [4.78, 5) is 11.4. The van der Waals surface area contributed by atoms with Crippen LogP contribution in [0.3, 0.4) is 0 Å². The van der Waals surface area contributed by atoms with E-state index >= 15 is 0 Å². The summed E-state index contributed by atoms with van der Waals surface area (Å²) in [6.45, 7) is 3.97. The molecular weight excluding hydrogens is 166 g/mol. The second-order valence-corrected chi connectivity index (χ2v) is 4.14. The van der Waals surface area contributed by atoms with Crippen molar-refractivity contribution in [2.75, 3.05) is 6.61 Å². The van der Waals surface area contributed by atoms with Gasteiger partial charge in [-0.1, -0.05) is 20.3 Å². The van der Waals surface area contributed by atoms with Gasteiger partial charge in [0.2, 0.25) is 5.91 Å². The Bertz CT molecular complexity index is 180. The summed E-state index contributed by atoms with van der Waals surface area (Å²) in [6.07, 6.45) is 3.18. The zero-order chi connectivity index (χ0) is 9.84. The molecule has 2 N–H and O–H groups in total. The van der Waals surface area contributed by atoms with Crippen molar-refractivity contribution >= 4 is 5.91 Å². The van der Waals surface area contributed by atoms with Gasteiger partial charge in [0, 0.05) is 24.5 Å². The Labute approximate surface area is 79.5 Å². The minimum absolute atomic E-state index is 0.0416. The first-order chi connectivity index (χ1) is 6.15. The van der Waals surface area contributed by atoms with Gasteiger partial charge in [-0.2, -0.15) is 0 Å². The maximum atomic E-state index is 11.4. The summed E-state index contributed by atoms with van der Waals surface area (Å²) in [5.74, 6) is 0.424. The van der Waals surface area contributed by atoms with Crippen molar-refractivity contribution < 1.29 is 9.90 Å². The van der Waals surface area contributed by atoms with Crippen LogP contribution in [0.2, 0.25) is 0 Å². The van der Waals surface area contributed by atoms with Crippen LogP contribution in [0, 0.1) is 11.8 Å². The van der Waals surface area contributed by atoms with Crippen LogP contribution >= 0.6 is 0 Å². The summed E-state index contributed by atoms with van der Waals surface area (Å²) in [6, 6.07) is 0.208. The molecule has 0 aromatic rings. The van der Waals surface area contributed by atoms with Gasteiger partial charge in [-0.25, -0.2) is 0 Å². The van der Waals surface area contributed by atoms with Gasteiger partial charge < -0.3 is 10.4 Å². The van der Waals surface area contributed by atoms with E-state index in [4.69, 9.17) is 5.11 Å². The van der Waals surface area contributed by atoms with E-state index in [1.807, 2.05) is 13.8 Å². The van der Waals surface area contributed by atoms with Crippen LogP contribution in [0.5, 0.6) is 0 Å². The minimum atomic E-state index is 0.0416. The molecule has 1 saturated carbocycles. The average molecular weight is 185 g/mol. The first-order valence-corrected chi connectivity index (χ1v) is 5.06. The van der Waals surface area contributed by atoms with Crippen molar-refractivity contribution in [3.63, 3.8) is 0 Å². The van der Waals surface area contributed by atoms with Gasteiger partial charge in [0.1, 0.15) is 0 Å². The third-order valence-corrected chi connectivity index (χ3v) is 2.75. The highest BCUT2D eigenvalue weighted by Gasteiger charge is 2.28. The minimum Gasteiger partial charge on any atom is -0.396 e. The third-order valence-electron chi connectivity index (χ3n) is 2.75. The molecule has 2 atom stereocenters. The predicted octanol–water partition coefficient (Wildman–Crippen LogP) is 0.920. The zero-order valence-electron chi connectivity index (χ0n) is 8.42. The Hall–Kier alpha value is -0.570. The van der Waals surface area contributed by atoms with Crippen molar-refractivity contribution in [1.82, 2.24) is 5.32 Å². The Kier molecular flexibility index (Phi) is 3.72. The Morgan fingerprint density at radius 2 is 2.23 bits per heavy atom. The summed E-state index contributed by atoms with van der Waals surface area (Å²) < 4.78 is 0. The van der Waals surface area contributed by atoms with Gasteiger partial charge in [-0.3, -0.25) is 4.79 Å². The molecule has 2 unspecified atom stereocenters. The number of amides is 1. The first kappa shape index (κ1) is 10.5. The van der Waals surface area contributed by atoms with E-state index in [1.165, 1.54) is 0 Å². The third kappa shape index (κ3) is 2.69. The number of hydrogen-bond acceptors (Lipinski definition) is 2. The maximum Gasteiger partial charge on any atom is 0.222 e. The number of hydrogen-bond donors (Lipinski definition) is 2. The lowest BCUT2D eigenvalue weighted by molar-refractivity contribution is -0.125. The lowest BCUT2D eigenvalue weighted by atomic mass is 10.0. The Morgan fingerprint density at radius 1 is 1.54 bits per heavy atom. The molecular formula is C10H19NO2. The normalized spacial score (nSPS) is 28.0. The average Bonchev–Trinajstić information content (AvgIpc) is 2.51. The molecule has 0 aliphatic heterocycles. The van der Waals surface area contributed by atoms with Gasteiger partial charge in [-0.15, -0.1) is 0 Å². The summed E-state index contributed by atoms with van der Waals surface area (Å²) in [5, 5.41) is 12.0. The molecule has 0 spiro atoms. The molecule has 0 aromatic carbocycles. The van der Waals surface area contributed by atoms with Gasteiger partial charge in [0.05, 0.1) is 0 Å². The molecule has 0 bridgehead atoms. The Balaban J connectivity index is 2.39. The number of rotatable bonds is 3. The van der Waals surface area contributed by atoms with Crippen LogP contribution < -0.4 is 5.32 Å². The van der Waals surface area contributed by atoms with E-state index in [0.717, 1.165) is 19.3 Å². The van der Waals surface area contributed by atoms with Gasteiger partial charge >= 0.3 is 0 Å². The number of aliphatic hydroxyl groups is 1. The zero-order valence-corrected chi connectivity index (χ0v) is 8.42. The SMILES string of the molecule is CC(C)C(=O)NC1CCCC1CO. The maximum absolute atomic E-state index is 11.4. The lowest BCUT2D eigenvalue weighted by Gasteiger charge is -2.20. The van der Waals surface area contributed by atoms with Crippen molar-refractivity contribution in [3.05, 3.63) is 0 Å². The van der Waals surface area contributed by atoms with Gasteiger partial charge in [0.15, 0.2) is 0 Å². The molecule has 13 heavy (non-hydrogen) atoms. The molecule has 0 aromatic heterocycles. The summed E-state index contributed by atoms with van der Waals surface area (Å²) >= 11 is 0. The van der Waals surface area contributed by atoms with Crippen LogP contribution in [0.15, 0.2) is 0 Å². The van der Waals surface area contributed by atoms with E-state index in [1.54, 1.807) is 0 Å². The van der Waals surface area contributed by atoms with E-state index < -0.39 is 0 Å². The van der Waals surface area contributed by atoms with E-state index in [2.05, 4.69) is 5.32 Å². The molecule has 0 saturated heterocycles. The number of nitrogens with one attached hydrogen (secondary N) is 1. The molecule has 0 radical (unpaired) electrons. The van der Waals surface area contributed by atoms with Crippen LogP contribution in [0.1, 0.15) is 33.1 Å². The smallest absolute Gasteiger partial charge is 0.222 e. The first-order valence-electron chi connectivity index (χ1n) is 5.06. The van der Waals surface area contributed by atoms with Crippen LogP contribution in [-0.4, -0.2) is 23.7 Å². The monoisotopic (exact) mass is 185 g/mol. The lowest BCUT2D eigenvalue weighted by Crippen LogP contribution is -2.40. The van der Waals surface area contributed by atoms with Crippen molar-refractivity contribution in [2.45, 2.75) is 39.2 Å². The second-order valence-electron chi connectivity index (χ2n) is 4.14. The molecule has 1 aliphatic rings. The molecule has 1 amide bonds. The fourth-order valence-corrected chi connectivity index (χ4v) is 1.79. The highest BCUT2D eigenvalue weighted by Crippen LogP contribution is 2.25. The summed E-state index contributed by atoms with van der Waals surface area (Å²) in [7, 11) is 0. The van der Waals surface area contributed by atoms with Gasteiger partial charge in [0.25, 0.3) is 0 Å². The molecule has 1 fully saturated rings. The van der Waals surface area contributed by atoms with E-state index in [-0.39, 0.29) is 30.4 Å². The molecule has 1 rings (SSSR count).